The smallest absolute Gasteiger partial charge is 0.251 e. The van der Waals surface area contributed by atoms with Crippen molar-refractivity contribution in [2.75, 3.05) is 26.0 Å². The highest BCUT2D eigenvalue weighted by atomic mass is 32.2. The quantitative estimate of drug-likeness (QED) is 0.742. The number of thioether (sulfide) groups is 1. The largest absolute Gasteiger partial charge is 0.368 e. The molecule has 2 aliphatic heterocycles. The van der Waals surface area contributed by atoms with E-state index in [-0.39, 0.29) is 12.0 Å². The summed E-state index contributed by atoms with van der Waals surface area (Å²) in [4.78, 5) is 14.1. The molecule has 0 bridgehead atoms. The second kappa shape index (κ2) is 5.92. The van der Waals surface area contributed by atoms with E-state index >= 15 is 0 Å². The highest BCUT2D eigenvalue weighted by Gasteiger charge is 2.29. The number of amides is 1. The molecular formula is C12H21NO2S. The van der Waals surface area contributed by atoms with Crippen molar-refractivity contribution in [3.63, 3.8) is 0 Å². The van der Waals surface area contributed by atoms with Crippen molar-refractivity contribution in [1.29, 1.82) is 0 Å². The summed E-state index contributed by atoms with van der Waals surface area (Å²) < 4.78 is 5.55. The number of piperidine rings is 1. The van der Waals surface area contributed by atoms with Crippen LogP contribution in [0.15, 0.2) is 0 Å². The number of likely N-dealkylation sites (tertiary alicyclic amines) is 1. The molecule has 0 radical (unpaired) electrons. The van der Waals surface area contributed by atoms with E-state index in [1.807, 2.05) is 16.7 Å². The number of rotatable bonds is 2. The van der Waals surface area contributed by atoms with E-state index in [0.29, 0.717) is 0 Å². The summed E-state index contributed by atoms with van der Waals surface area (Å²) in [5.41, 5.74) is 0. The molecule has 1 amide bonds. The van der Waals surface area contributed by atoms with Crippen LogP contribution in [0.3, 0.4) is 0 Å². The van der Waals surface area contributed by atoms with E-state index in [1.165, 1.54) is 0 Å². The number of carbonyl (C=O) groups excluding carboxylic acids is 1. The molecule has 0 aromatic heterocycles. The van der Waals surface area contributed by atoms with E-state index in [1.54, 1.807) is 0 Å². The molecule has 1 unspecified atom stereocenters. The molecule has 3 nitrogen and oxygen atoms in total. The Morgan fingerprint density at radius 3 is 2.56 bits per heavy atom. The van der Waals surface area contributed by atoms with Crippen molar-refractivity contribution < 1.29 is 9.53 Å². The number of hydrogen-bond acceptors (Lipinski definition) is 3. The van der Waals surface area contributed by atoms with Gasteiger partial charge in [0.05, 0.1) is 0 Å². The van der Waals surface area contributed by atoms with E-state index < -0.39 is 0 Å². The number of hydrogen-bond donors (Lipinski definition) is 0. The van der Waals surface area contributed by atoms with Gasteiger partial charge in [-0.3, -0.25) is 4.79 Å². The van der Waals surface area contributed by atoms with Gasteiger partial charge in [-0.2, -0.15) is 11.8 Å². The van der Waals surface area contributed by atoms with Gasteiger partial charge in [-0.25, -0.2) is 0 Å². The molecular weight excluding hydrogens is 222 g/mol. The van der Waals surface area contributed by atoms with Crippen LogP contribution in [0.5, 0.6) is 0 Å². The molecule has 2 fully saturated rings. The lowest BCUT2D eigenvalue weighted by molar-refractivity contribution is -0.147. The summed E-state index contributed by atoms with van der Waals surface area (Å²) in [5.74, 6) is 0.235. The molecule has 2 heterocycles. The monoisotopic (exact) mass is 243 g/mol. The lowest BCUT2D eigenvalue weighted by Crippen LogP contribution is -2.46. The maximum Gasteiger partial charge on any atom is 0.251 e. The topological polar surface area (TPSA) is 29.5 Å². The van der Waals surface area contributed by atoms with Crippen molar-refractivity contribution >= 4 is 17.7 Å². The van der Waals surface area contributed by atoms with E-state index in [9.17, 15) is 4.79 Å². The first-order valence-corrected chi connectivity index (χ1v) is 7.53. The van der Waals surface area contributed by atoms with E-state index in [2.05, 4.69) is 6.26 Å². The molecule has 4 heteroatoms. The van der Waals surface area contributed by atoms with Crippen molar-refractivity contribution in [1.82, 2.24) is 4.90 Å². The molecule has 2 rings (SSSR count). The summed E-state index contributed by atoms with van der Waals surface area (Å²) in [6, 6.07) is 0. The van der Waals surface area contributed by atoms with Crippen molar-refractivity contribution in [3.8, 4) is 0 Å². The molecule has 0 aliphatic carbocycles. The Morgan fingerprint density at radius 1 is 1.25 bits per heavy atom. The van der Waals surface area contributed by atoms with Crippen LogP contribution in [0.4, 0.5) is 0 Å². The van der Waals surface area contributed by atoms with Crippen molar-refractivity contribution in [2.24, 2.45) is 0 Å². The predicted octanol–water partition coefficient (Wildman–Crippen LogP) is 1.91. The molecule has 16 heavy (non-hydrogen) atoms. The maximum absolute atomic E-state index is 12.1. The van der Waals surface area contributed by atoms with Crippen LogP contribution in [-0.2, 0) is 9.53 Å². The molecule has 0 spiro atoms. The van der Waals surface area contributed by atoms with Gasteiger partial charge in [-0.05, 0) is 38.4 Å². The molecule has 2 saturated heterocycles. The Labute approximate surface area is 102 Å². The lowest BCUT2D eigenvalue weighted by atomic mass is 10.1. The summed E-state index contributed by atoms with van der Waals surface area (Å²) in [5, 5.41) is 0.747. The normalized spacial score (nSPS) is 28.1. The fourth-order valence-corrected chi connectivity index (χ4v) is 3.13. The van der Waals surface area contributed by atoms with Gasteiger partial charge in [0.1, 0.15) is 6.10 Å². The van der Waals surface area contributed by atoms with Crippen LogP contribution in [-0.4, -0.2) is 48.1 Å². The first-order chi connectivity index (χ1) is 7.81. The number of nitrogens with zero attached hydrogens (tertiary/aromatic N) is 1. The minimum atomic E-state index is -0.139. The highest BCUT2D eigenvalue weighted by Crippen LogP contribution is 2.23. The average molecular weight is 243 g/mol. The summed E-state index contributed by atoms with van der Waals surface area (Å²) >= 11 is 1.93. The fourth-order valence-electron chi connectivity index (χ4n) is 2.45. The molecule has 92 valence electrons. The molecule has 0 saturated carbocycles. The summed E-state index contributed by atoms with van der Waals surface area (Å²) in [6.07, 6.45) is 7.46. The average Bonchev–Trinajstić information content (AvgIpc) is 2.39. The standard InChI is InChI=1S/C12H21NO2S/c1-16-10-5-7-13(8-6-10)12(14)11-4-2-3-9-15-11/h10-11H,2-9H2,1H3. The van der Waals surface area contributed by atoms with Crippen LogP contribution in [0, 0.1) is 0 Å². The van der Waals surface area contributed by atoms with Crippen molar-refractivity contribution in [3.05, 3.63) is 0 Å². The zero-order valence-electron chi connectivity index (χ0n) is 9.98. The fraction of sp³-hybridized carbons (Fsp3) is 0.917. The van der Waals surface area contributed by atoms with Gasteiger partial charge < -0.3 is 9.64 Å². The first-order valence-electron chi connectivity index (χ1n) is 6.24. The van der Waals surface area contributed by atoms with Gasteiger partial charge in [0.25, 0.3) is 5.91 Å². The number of carbonyl (C=O) groups is 1. The van der Waals surface area contributed by atoms with Gasteiger partial charge in [-0.15, -0.1) is 0 Å². The molecule has 1 atom stereocenters. The first kappa shape index (κ1) is 12.2. The molecule has 0 N–H and O–H groups in total. The SMILES string of the molecule is CSC1CCN(C(=O)C2CCCCO2)CC1. The highest BCUT2D eigenvalue weighted by molar-refractivity contribution is 7.99. The van der Waals surface area contributed by atoms with Gasteiger partial charge in [0, 0.05) is 24.9 Å². The van der Waals surface area contributed by atoms with Gasteiger partial charge in [-0.1, -0.05) is 0 Å². The lowest BCUT2D eigenvalue weighted by Gasteiger charge is -2.34. The van der Waals surface area contributed by atoms with Crippen molar-refractivity contribution in [2.45, 2.75) is 43.5 Å². The molecule has 0 aromatic carbocycles. The third kappa shape index (κ3) is 2.92. The molecule has 2 aliphatic rings. The Balaban J connectivity index is 1.81. The van der Waals surface area contributed by atoms with Gasteiger partial charge >= 0.3 is 0 Å². The third-order valence-corrected chi connectivity index (χ3v) is 4.68. The second-order valence-corrected chi connectivity index (χ2v) is 5.75. The van der Waals surface area contributed by atoms with Crippen LogP contribution in [0.25, 0.3) is 0 Å². The Kier molecular flexibility index (Phi) is 4.53. The minimum Gasteiger partial charge on any atom is -0.368 e. The zero-order chi connectivity index (χ0) is 11.4. The van der Waals surface area contributed by atoms with Crippen LogP contribution in [0.1, 0.15) is 32.1 Å². The maximum atomic E-state index is 12.1. The van der Waals surface area contributed by atoms with Crippen LogP contribution in [0.2, 0.25) is 0 Å². The van der Waals surface area contributed by atoms with E-state index in [4.69, 9.17) is 4.74 Å². The summed E-state index contributed by atoms with van der Waals surface area (Å²) in [7, 11) is 0. The second-order valence-electron chi connectivity index (χ2n) is 4.62. The van der Waals surface area contributed by atoms with Crippen LogP contribution < -0.4 is 0 Å². The van der Waals surface area contributed by atoms with E-state index in [0.717, 1.165) is 57.1 Å². The van der Waals surface area contributed by atoms with Crippen LogP contribution >= 0.6 is 11.8 Å². The number of ether oxygens (including phenoxy) is 1. The van der Waals surface area contributed by atoms with Gasteiger partial charge in [0.15, 0.2) is 0 Å². The zero-order valence-corrected chi connectivity index (χ0v) is 10.8. The summed E-state index contributed by atoms with van der Waals surface area (Å²) in [6.45, 7) is 2.60. The minimum absolute atomic E-state index is 0.139. The Hall–Kier alpha value is -0.220. The molecule has 0 aromatic rings. The van der Waals surface area contributed by atoms with Gasteiger partial charge in [0.2, 0.25) is 0 Å². The predicted molar refractivity (Wildman–Crippen MR) is 66.7 cm³/mol. The Bertz CT molecular complexity index is 233. The third-order valence-electron chi connectivity index (χ3n) is 3.54. The Morgan fingerprint density at radius 2 is 2.00 bits per heavy atom.